The van der Waals surface area contributed by atoms with Crippen LogP contribution < -0.4 is 16.4 Å². The van der Waals surface area contributed by atoms with E-state index in [2.05, 4.69) is 53.1 Å². The molecule has 5 N–H and O–H groups in total. The van der Waals surface area contributed by atoms with Gasteiger partial charge in [0.15, 0.2) is 5.76 Å². The Morgan fingerprint density at radius 3 is 2.49 bits per heavy atom. The number of carbonyl (C=O) groups is 2. The molecular weight excluding hydrogens is 566 g/mol. The highest BCUT2D eigenvalue weighted by atomic mass is 16.7. The number of hydrogen-bond acceptors (Lipinski definition) is 6. The number of benzene rings is 4. The molecule has 0 bridgehead atoms. The largest absolute Gasteiger partial charge is 0.459 e. The zero-order chi connectivity index (χ0) is 31.2. The highest BCUT2D eigenvalue weighted by Crippen LogP contribution is 2.43. The number of carbonyl (C=O) groups excluding carboxylic acids is 2. The number of unbranched alkanes of at least 4 members (excludes halogenated alkanes) is 1. The Labute approximate surface area is 262 Å². The van der Waals surface area contributed by atoms with Gasteiger partial charge in [0.05, 0.1) is 18.0 Å². The molecule has 1 heterocycles. The quantitative estimate of drug-likeness (QED) is 0.110. The first kappa shape index (κ1) is 30.1. The van der Waals surface area contributed by atoms with Crippen LogP contribution in [0.3, 0.4) is 0 Å². The Morgan fingerprint density at radius 1 is 0.889 bits per heavy atom. The number of aliphatic hydroxyl groups excluding tert-OH is 1. The molecule has 230 valence electrons. The summed E-state index contributed by atoms with van der Waals surface area (Å²) < 4.78 is 12.1. The Bertz CT molecular complexity index is 1720. The average Bonchev–Trinajstić information content (AvgIpc) is 3.46. The maximum atomic E-state index is 13.4. The highest BCUT2D eigenvalue weighted by Gasteiger charge is 2.32. The number of anilines is 2. The fraction of sp³-hybridized carbons (Fsp3) is 0.243. The van der Waals surface area contributed by atoms with E-state index in [1.165, 1.54) is 27.8 Å². The molecule has 4 aromatic carbocycles. The van der Waals surface area contributed by atoms with E-state index < -0.39 is 6.29 Å². The standard InChI is InChI=1S/C37H37N3O5/c38-32-12-3-4-13-33(32)40-36(42)25-16-14-24(15-17-25)23-39-37(43)34-21-27(22-35(45-34)44-19-6-5-18-41)29-10-7-11-30-28-9-2-1-8-26(28)20-31(29)30/h1-4,7-17,21,27,35,41H,5-6,18-20,22-23,38H2,(H,39,43)(H,40,42). The second-order valence-corrected chi connectivity index (χ2v) is 11.4. The summed E-state index contributed by atoms with van der Waals surface area (Å²) in [6, 6.07) is 29.0. The second kappa shape index (κ2) is 13.8. The van der Waals surface area contributed by atoms with Gasteiger partial charge in [0.2, 0.25) is 6.29 Å². The number of hydrogen-bond donors (Lipinski definition) is 4. The summed E-state index contributed by atoms with van der Waals surface area (Å²) in [6.45, 7) is 0.798. The van der Waals surface area contributed by atoms with Crippen molar-refractivity contribution in [1.82, 2.24) is 5.32 Å². The van der Waals surface area contributed by atoms with E-state index in [0.29, 0.717) is 42.8 Å². The van der Waals surface area contributed by atoms with Gasteiger partial charge < -0.3 is 30.9 Å². The van der Waals surface area contributed by atoms with Crippen LogP contribution in [0.1, 0.15) is 57.8 Å². The number of nitrogen functional groups attached to an aromatic ring is 1. The number of nitrogens with two attached hydrogens (primary N) is 1. The molecule has 2 amide bonds. The van der Waals surface area contributed by atoms with Crippen molar-refractivity contribution in [3.8, 4) is 11.1 Å². The predicted octanol–water partition coefficient (Wildman–Crippen LogP) is 5.91. The summed E-state index contributed by atoms with van der Waals surface area (Å²) in [5.41, 5.74) is 14.6. The molecule has 4 aromatic rings. The molecule has 6 rings (SSSR count). The third-order valence-electron chi connectivity index (χ3n) is 8.30. The molecular formula is C37H37N3O5. The van der Waals surface area contributed by atoms with E-state index in [1.807, 2.05) is 18.2 Å². The van der Waals surface area contributed by atoms with Gasteiger partial charge in [-0.1, -0.05) is 66.7 Å². The molecule has 8 heteroatoms. The van der Waals surface area contributed by atoms with Crippen LogP contribution >= 0.6 is 0 Å². The van der Waals surface area contributed by atoms with E-state index in [0.717, 1.165) is 12.0 Å². The lowest BCUT2D eigenvalue weighted by molar-refractivity contribution is -0.146. The molecule has 45 heavy (non-hydrogen) atoms. The smallest absolute Gasteiger partial charge is 0.286 e. The molecule has 2 unspecified atom stereocenters. The molecule has 2 atom stereocenters. The van der Waals surface area contributed by atoms with Crippen LogP contribution in [0.15, 0.2) is 103 Å². The van der Waals surface area contributed by atoms with Gasteiger partial charge in [-0.3, -0.25) is 9.59 Å². The maximum absolute atomic E-state index is 13.4. The Balaban J connectivity index is 1.15. The van der Waals surface area contributed by atoms with Crippen LogP contribution in [0.4, 0.5) is 11.4 Å². The van der Waals surface area contributed by atoms with Crippen molar-refractivity contribution in [3.63, 3.8) is 0 Å². The zero-order valence-corrected chi connectivity index (χ0v) is 25.0. The molecule has 0 saturated carbocycles. The van der Waals surface area contributed by atoms with Gasteiger partial charge in [-0.25, -0.2) is 0 Å². The molecule has 0 aromatic heterocycles. The fourth-order valence-electron chi connectivity index (χ4n) is 5.94. The number of fused-ring (bicyclic) bond motifs is 3. The van der Waals surface area contributed by atoms with Crippen LogP contribution in [0, 0.1) is 0 Å². The summed E-state index contributed by atoms with van der Waals surface area (Å²) >= 11 is 0. The van der Waals surface area contributed by atoms with E-state index in [1.54, 1.807) is 36.4 Å². The van der Waals surface area contributed by atoms with Crippen molar-refractivity contribution in [3.05, 3.63) is 131 Å². The average molecular weight is 604 g/mol. The minimum atomic E-state index is -0.587. The van der Waals surface area contributed by atoms with Crippen LogP contribution in [-0.4, -0.2) is 36.4 Å². The van der Waals surface area contributed by atoms with Crippen LogP contribution in [0.5, 0.6) is 0 Å². The maximum Gasteiger partial charge on any atom is 0.286 e. The SMILES string of the molecule is Nc1ccccc1NC(=O)c1ccc(CNC(=O)C2=CC(c3cccc4c3Cc3ccccc3-4)CC(OCCCCO)O2)cc1. The van der Waals surface area contributed by atoms with Gasteiger partial charge in [-0.05, 0) is 83.0 Å². The van der Waals surface area contributed by atoms with Gasteiger partial charge >= 0.3 is 0 Å². The van der Waals surface area contributed by atoms with Gasteiger partial charge in [-0.15, -0.1) is 0 Å². The number of rotatable bonds is 11. The summed E-state index contributed by atoms with van der Waals surface area (Å²) in [5.74, 6) is -0.442. The number of amides is 2. The fourth-order valence-corrected chi connectivity index (χ4v) is 5.94. The monoisotopic (exact) mass is 603 g/mol. The van der Waals surface area contributed by atoms with E-state index >= 15 is 0 Å². The minimum absolute atomic E-state index is 0.0666. The summed E-state index contributed by atoms with van der Waals surface area (Å²) in [7, 11) is 0. The second-order valence-electron chi connectivity index (χ2n) is 11.4. The predicted molar refractivity (Wildman–Crippen MR) is 174 cm³/mol. The zero-order valence-electron chi connectivity index (χ0n) is 25.0. The van der Waals surface area contributed by atoms with Gasteiger partial charge in [0.1, 0.15) is 0 Å². The van der Waals surface area contributed by atoms with Gasteiger partial charge in [0, 0.05) is 31.1 Å². The number of ether oxygens (including phenoxy) is 2. The highest BCUT2D eigenvalue weighted by molar-refractivity contribution is 6.05. The van der Waals surface area contributed by atoms with Crippen molar-refractivity contribution in [1.29, 1.82) is 0 Å². The molecule has 0 fully saturated rings. The Kier molecular flexibility index (Phi) is 9.24. The summed E-state index contributed by atoms with van der Waals surface area (Å²) in [6.07, 6.45) is 4.10. The van der Waals surface area contributed by atoms with E-state index in [-0.39, 0.29) is 36.6 Å². The summed E-state index contributed by atoms with van der Waals surface area (Å²) in [4.78, 5) is 26.1. The summed E-state index contributed by atoms with van der Waals surface area (Å²) in [5, 5.41) is 14.9. The van der Waals surface area contributed by atoms with E-state index in [9.17, 15) is 9.59 Å². The number of allylic oxidation sites excluding steroid dienone is 1. The van der Waals surface area contributed by atoms with Crippen molar-refractivity contribution < 1.29 is 24.2 Å². The molecule has 0 saturated heterocycles. The van der Waals surface area contributed by atoms with Crippen molar-refractivity contribution in [2.75, 3.05) is 24.3 Å². The van der Waals surface area contributed by atoms with Crippen LogP contribution in [-0.2, 0) is 27.2 Å². The molecule has 1 aliphatic carbocycles. The van der Waals surface area contributed by atoms with Crippen molar-refractivity contribution in [2.45, 2.75) is 44.4 Å². The molecule has 0 radical (unpaired) electrons. The number of para-hydroxylation sites is 2. The minimum Gasteiger partial charge on any atom is -0.459 e. The topological polar surface area (TPSA) is 123 Å². The Hall–Kier alpha value is -4.92. The third-order valence-corrected chi connectivity index (χ3v) is 8.30. The Morgan fingerprint density at radius 2 is 1.67 bits per heavy atom. The van der Waals surface area contributed by atoms with Crippen LogP contribution in [0.25, 0.3) is 11.1 Å². The number of nitrogens with one attached hydrogen (secondary N) is 2. The molecule has 0 spiro atoms. The first-order valence-corrected chi connectivity index (χ1v) is 15.3. The van der Waals surface area contributed by atoms with Gasteiger partial charge in [-0.2, -0.15) is 0 Å². The first-order valence-electron chi connectivity index (χ1n) is 15.3. The van der Waals surface area contributed by atoms with Crippen LogP contribution in [0.2, 0.25) is 0 Å². The number of aliphatic hydroxyl groups is 1. The van der Waals surface area contributed by atoms with Gasteiger partial charge in [0.25, 0.3) is 11.8 Å². The first-order chi connectivity index (χ1) is 22.0. The normalized spacial score (nSPS) is 16.6. The third kappa shape index (κ3) is 6.93. The molecule has 8 nitrogen and oxygen atoms in total. The lowest BCUT2D eigenvalue weighted by Crippen LogP contribution is -2.33. The van der Waals surface area contributed by atoms with E-state index in [4.69, 9.17) is 20.3 Å². The molecule has 2 aliphatic rings. The van der Waals surface area contributed by atoms with Crippen molar-refractivity contribution in [2.24, 2.45) is 0 Å². The van der Waals surface area contributed by atoms with Crippen molar-refractivity contribution >= 4 is 23.2 Å². The lowest BCUT2D eigenvalue weighted by atomic mass is 9.87. The lowest BCUT2D eigenvalue weighted by Gasteiger charge is -2.30. The molecule has 1 aliphatic heterocycles.